The zero-order valence-corrected chi connectivity index (χ0v) is 16.6. The van der Waals surface area contributed by atoms with Crippen molar-refractivity contribution in [2.45, 2.75) is 102 Å². The molecular formula is C19H36O3Si. The minimum Gasteiger partial charge on any atom is -0.408 e. The average Bonchev–Trinajstić information content (AvgIpc) is 2.64. The summed E-state index contributed by atoms with van der Waals surface area (Å²) in [7, 11) is 0.114. The summed E-state index contributed by atoms with van der Waals surface area (Å²) >= 11 is 0. The van der Waals surface area contributed by atoms with E-state index in [1.807, 2.05) is 0 Å². The van der Waals surface area contributed by atoms with E-state index >= 15 is 0 Å². The lowest BCUT2D eigenvalue weighted by atomic mass is 9.90. The average molecular weight is 341 g/mol. The van der Waals surface area contributed by atoms with Crippen molar-refractivity contribution >= 4 is 8.32 Å². The molecule has 0 saturated carbocycles. The molecule has 0 spiro atoms. The molecule has 0 unspecified atom stereocenters. The molecule has 0 radical (unpaired) electrons. The number of methoxy groups -OCH3 is 1. The molecule has 4 heteroatoms. The molecule has 1 saturated heterocycles. The molecule has 0 amide bonds. The van der Waals surface area contributed by atoms with E-state index in [-0.39, 0.29) is 18.5 Å². The van der Waals surface area contributed by atoms with Crippen molar-refractivity contribution in [3.05, 3.63) is 11.6 Å². The Balaban J connectivity index is 2.19. The monoisotopic (exact) mass is 340 g/mol. The Kier molecular flexibility index (Phi) is 7.79. The summed E-state index contributed by atoms with van der Waals surface area (Å²) in [5.74, 6) is 0. The Morgan fingerprint density at radius 3 is 2.43 bits per heavy atom. The molecule has 1 heterocycles. The van der Waals surface area contributed by atoms with Crippen LogP contribution in [-0.4, -0.2) is 33.9 Å². The van der Waals surface area contributed by atoms with Gasteiger partial charge in [-0.3, -0.25) is 0 Å². The van der Waals surface area contributed by atoms with Gasteiger partial charge in [0.25, 0.3) is 0 Å². The number of ether oxygens (including phenoxy) is 2. The molecule has 0 bridgehead atoms. The minimum absolute atomic E-state index is 0.0509. The predicted octanol–water partition coefficient (Wildman–Crippen LogP) is 5.42. The van der Waals surface area contributed by atoms with Gasteiger partial charge in [0.15, 0.2) is 14.6 Å². The summed E-state index contributed by atoms with van der Waals surface area (Å²) in [4.78, 5) is 0. The van der Waals surface area contributed by atoms with Crippen LogP contribution in [0.2, 0.25) is 18.1 Å². The first-order valence-electron chi connectivity index (χ1n) is 9.73. The van der Waals surface area contributed by atoms with Gasteiger partial charge in [-0.05, 0) is 68.7 Å². The lowest BCUT2D eigenvalue weighted by Crippen LogP contribution is -2.48. The normalized spacial score (nSPS) is 27.6. The largest absolute Gasteiger partial charge is 0.408 e. The molecule has 1 aliphatic carbocycles. The molecule has 0 aromatic rings. The van der Waals surface area contributed by atoms with E-state index < -0.39 is 8.32 Å². The molecule has 1 fully saturated rings. The van der Waals surface area contributed by atoms with Crippen LogP contribution in [0.3, 0.4) is 0 Å². The van der Waals surface area contributed by atoms with Crippen molar-refractivity contribution in [2.75, 3.05) is 7.11 Å². The smallest absolute Gasteiger partial charge is 0.193 e. The number of hydrogen-bond acceptors (Lipinski definition) is 3. The summed E-state index contributed by atoms with van der Waals surface area (Å²) in [6.07, 6.45) is 11.0. The van der Waals surface area contributed by atoms with E-state index in [9.17, 15) is 0 Å². The molecule has 134 valence electrons. The molecule has 3 atom stereocenters. The highest BCUT2D eigenvalue weighted by atomic mass is 28.4. The summed E-state index contributed by atoms with van der Waals surface area (Å²) in [5, 5.41) is 0. The van der Waals surface area contributed by atoms with Crippen molar-refractivity contribution in [1.82, 2.24) is 0 Å². The van der Waals surface area contributed by atoms with Crippen molar-refractivity contribution in [3.8, 4) is 0 Å². The van der Waals surface area contributed by atoms with Gasteiger partial charge in [-0.15, -0.1) is 0 Å². The quantitative estimate of drug-likeness (QED) is 0.436. The van der Waals surface area contributed by atoms with E-state index in [0.29, 0.717) is 0 Å². The van der Waals surface area contributed by atoms with Gasteiger partial charge in [-0.25, -0.2) is 0 Å². The van der Waals surface area contributed by atoms with Gasteiger partial charge >= 0.3 is 0 Å². The maximum absolute atomic E-state index is 6.95. The van der Waals surface area contributed by atoms with Crippen molar-refractivity contribution in [3.63, 3.8) is 0 Å². The van der Waals surface area contributed by atoms with E-state index in [2.05, 4.69) is 26.8 Å². The lowest BCUT2D eigenvalue weighted by molar-refractivity contribution is -0.197. The summed E-state index contributed by atoms with van der Waals surface area (Å²) < 4.78 is 18.7. The van der Waals surface area contributed by atoms with Gasteiger partial charge in [0.2, 0.25) is 0 Å². The fourth-order valence-electron chi connectivity index (χ4n) is 3.99. The van der Waals surface area contributed by atoms with Crippen molar-refractivity contribution in [1.29, 1.82) is 0 Å². The Labute approximate surface area is 143 Å². The first-order chi connectivity index (χ1) is 11.2. The van der Waals surface area contributed by atoms with Crippen molar-refractivity contribution in [2.24, 2.45) is 0 Å². The summed E-state index contributed by atoms with van der Waals surface area (Å²) in [5.41, 5.74) is 1.50. The lowest BCUT2D eigenvalue weighted by Gasteiger charge is -2.41. The molecule has 1 aliphatic heterocycles. The standard InChI is InChI=1S/C19H36O3Si/c1-5-23(6-2,7-3)22-19(16-12-9-8-10-13-16)17-14-11-15-18(20-4)21-17/h12,17-19H,5-11,13-15H2,1-4H3/t17-,18-,19+/m0/s1. The van der Waals surface area contributed by atoms with Crippen LogP contribution in [0.25, 0.3) is 0 Å². The third-order valence-electron chi connectivity index (χ3n) is 5.86. The first-order valence-corrected chi connectivity index (χ1v) is 12.3. The molecule has 0 N–H and O–H groups in total. The summed E-state index contributed by atoms with van der Waals surface area (Å²) in [6, 6.07) is 3.60. The van der Waals surface area contributed by atoms with E-state index in [0.717, 1.165) is 12.8 Å². The van der Waals surface area contributed by atoms with Crippen LogP contribution in [0.4, 0.5) is 0 Å². The fourth-order valence-corrected chi connectivity index (χ4v) is 6.84. The first kappa shape index (κ1) is 19.2. The third-order valence-corrected chi connectivity index (χ3v) is 10.5. The Morgan fingerprint density at radius 1 is 1.13 bits per heavy atom. The number of rotatable bonds is 8. The van der Waals surface area contributed by atoms with Crippen LogP contribution in [0.5, 0.6) is 0 Å². The maximum Gasteiger partial charge on any atom is 0.193 e. The molecule has 3 nitrogen and oxygen atoms in total. The summed E-state index contributed by atoms with van der Waals surface area (Å²) in [6.45, 7) is 6.93. The Morgan fingerprint density at radius 2 is 1.87 bits per heavy atom. The second kappa shape index (κ2) is 9.35. The number of hydrogen-bond donors (Lipinski definition) is 0. The van der Waals surface area contributed by atoms with E-state index in [1.165, 1.54) is 55.8 Å². The molecule has 23 heavy (non-hydrogen) atoms. The van der Waals surface area contributed by atoms with Gasteiger partial charge in [0.05, 0.1) is 12.2 Å². The second-order valence-electron chi connectivity index (χ2n) is 7.08. The zero-order valence-electron chi connectivity index (χ0n) is 15.6. The molecule has 0 aromatic carbocycles. The highest BCUT2D eigenvalue weighted by molar-refractivity contribution is 6.73. The Bertz CT molecular complexity index is 371. The molecule has 0 aromatic heterocycles. The molecular weight excluding hydrogens is 304 g/mol. The fraction of sp³-hybridized carbons (Fsp3) is 0.895. The van der Waals surface area contributed by atoms with E-state index in [1.54, 1.807) is 7.11 Å². The van der Waals surface area contributed by atoms with Gasteiger partial charge < -0.3 is 13.9 Å². The van der Waals surface area contributed by atoms with Crippen molar-refractivity contribution < 1.29 is 13.9 Å². The van der Waals surface area contributed by atoms with Crippen LogP contribution >= 0.6 is 0 Å². The van der Waals surface area contributed by atoms with Gasteiger partial charge in [-0.2, -0.15) is 0 Å². The topological polar surface area (TPSA) is 27.7 Å². The molecule has 2 aliphatic rings. The molecule has 2 rings (SSSR count). The van der Waals surface area contributed by atoms with Crippen LogP contribution in [0, 0.1) is 0 Å². The van der Waals surface area contributed by atoms with Crippen LogP contribution in [-0.2, 0) is 13.9 Å². The van der Waals surface area contributed by atoms with Gasteiger partial charge in [-0.1, -0.05) is 26.8 Å². The van der Waals surface area contributed by atoms with Crippen LogP contribution < -0.4 is 0 Å². The zero-order chi connectivity index (χ0) is 16.7. The highest BCUT2D eigenvalue weighted by Crippen LogP contribution is 2.35. The maximum atomic E-state index is 6.95. The van der Waals surface area contributed by atoms with Gasteiger partial charge in [0, 0.05) is 7.11 Å². The predicted molar refractivity (Wildman–Crippen MR) is 98.1 cm³/mol. The van der Waals surface area contributed by atoms with E-state index in [4.69, 9.17) is 13.9 Å². The highest BCUT2D eigenvalue weighted by Gasteiger charge is 2.39. The van der Waals surface area contributed by atoms with Crippen LogP contribution in [0.1, 0.15) is 65.7 Å². The third kappa shape index (κ3) is 4.91. The second-order valence-corrected chi connectivity index (χ2v) is 11.8. The SMILES string of the molecule is CC[Si](CC)(CC)O[C@H](C1=CCCCC1)[C@@H]1CCC[C@@H](OC)O1. The van der Waals surface area contributed by atoms with Gasteiger partial charge in [0.1, 0.15) is 0 Å². The minimum atomic E-state index is -1.64. The van der Waals surface area contributed by atoms with Crippen LogP contribution in [0.15, 0.2) is 11.6 Å². The number of allylic oxidation sites excluding steroid dienone is 1. The Hall–Kier alpha value is -0.163.